The lowest BCUT2D eigenvalue weighted by Crippen LogP contribution is -2.48. The van der Waals surface area contributed by atoms with E-state index in [1.54, 1.807) is 0 Å². The number of hydrogen-bond acceptors (Lipinski definition) is 6. The summed E-state index contributed by atoms with van der Waals surface area (Å²) in [5.74, 6) is -1.61. The van der Waals surface area contributed by atoms with Gasteiger partial charge in [0.25, 0.3) is 11.8 Å². The molecule has 2 heterocycles. The number of carbonyl (C=O) groups excluding carboxylic acids is 3. The summed E-state index contributed by atoms with van der Waals surface area (Å²) >= 11 is 4.73. The maximum atomic E-state index is 12.7. The van der Waals surface area contributed by atoms with Gasteiger partial charge in [0, 0.05) is 35.9 Å². The molecule has 1 saturated carbocycles. The third kappa shape index (κ3) is 4.22. The molecular weight excluding hydrogens is 436 g/mol. The van der Waals surface area contributed by atoms with Crippen LogP contribution in [-0.2, 0) is 9.59 Å². The number of benzene rings is 1. The largest absolute Gasteiger partial charge is 0.487 e. The number of fused-ring (bicyclic) bond motifs is 1. The van der Waals surface area contributed by atoms with Crippen molar-refractivity contribution in [2.45, 2.75) is 12.0 Å². The van der Waals surface area contributed by atoms with Crippen molar-refractivity contribution < 1.29 is 27.9 Å². The highest BCUT2D eigenvalue weighted by Crippen LogP contribution is 2.55. The predicted molar refractivity (Wildman–Crippen MR) is 105 cm³/mol. The smallest absolute Gasteiger partial charge is 0.420 e. The van der Waals surface area contributed by atoms with E-state index >= 15 is 0 Å². The first-order valence-electron chi connectivity index (χ1n) is 9.16. The number of amides is 3. The minimum Gasteiger partial charge on any atom is -0.420 e. The van der Waals surface area contributed by atoms with E-state index in [0.29, 0.717) is 18.7 Å². The number of hydrogen-bond donors (Lipinski definition) is 4. The Morgan fingerprint density at radius 2 is 1.97 bits per heavy atom. The highest BCUT2D eigenvalue weighted by Gasteiger charge is 2.69. The van der Waals surface area contributed by atoms with Gasteiger partial charge in [-0.2, -0.15) is 0 Å². The number of hydrazine groups is 1. The number of nitrogens with zero attached hydrogens (tertiary/aromatic N) is 1. The van der Waals surface area contributed by atoms with Crippen LogP contribution in [-0.4, -0.2) is 34.8 Å². The number of pyridine rings is 1. The molecule has 1 aromatic carbocycles. The van der Waals surface area contributed by atoms with Crippen LogP contribution in [0.2, 0.25) is 0 Å². The lowest BCUT2D eigenvalue weighted by molar-refractivity contribution is -0.136. The number of ether oxygens (including phenoxy) is 1. The molecule has 3 amide bonds. The number of halogens is 3. The lowest BCUT2D eigenvalue weighted by atomic mass is 10.1. The Hall–Kier alpha value is -3.47. The van der Waals surface area contributed by atoms with Gasteiger partial charge < -0.3 is 15.4 Å². The van der Waals surface area contributed by atoms with Crippen LogP contribution in [0, 0.1) is 11.3 Å². The second-order valence-electron chi connectivity index (χ2n) is 7.09. The average Bonchev–Trinajstić information content (AvgIpc) is 3.38. The lowest BCUT2D eigenvalue weighted by Gasteiger charge is -2.14. The Morgan fingerprint density at radius 3 is 2.58 bits per heavy atom. The van der Waals surface area contributed by atoms with Gasteiger partial charge >= 0.3 is 5.57 Å². The van der Waals surface area contributed by atoms with E-state index in [1.807, 2.05) is 0 Å². The first-order valence-corrected chi connectivity index (χ1v) is 9.54. The fourth-order valence-corrected chi connectivity index (χ4v) is 3.56. The standard InChI is InChI=1S/C19H16ClF2N5O4/c20-19(21,22)31-12-5-3-11(4-6-12)25-14-13(2-1-7-23-14)15(28)26-27-17(30)18-8-10(18)9-24-16(18)29/h1-7,10H,8-9H2,(H,23,25)(H,24,29)(H,26,28)(H,27,30). The van der Waals surface area contributed by atoms with E-state index in [1.165, 1.54) is 42.6 Å². The SMILES string of the molecule is O=C(NNC(=O)C12CC1CNC2=O)c1cccnc1Nc1ccc(OC(F)(F)Cl)cc1. The van der Waals surface area contributed by atoms with Crippen molar-refractivity contribution in [2.24, 2.45) is 11.3 Å². The molecule has 2 aromatic rings. The number of piperidine rings is 1. The maximum Gasteiger partial charge on any atom is 0.487 e. The zero-order chi connectivity index (χ0) is 22.2. The van der Waals surface area contributed by atoms with E-state index < -0.39 is 22.8 Å². The van der Waals surface area contributed by atoms with Gasteiger partial charge in [-0.15, -0.1) is 8.78 Å². The zero-order valence-electron chi connectivity index (χ0n) is 15.7. The van der Waals surface area contributed by atoms with Crippen molar-refractivity contribution in [3.05, 3.63) is 48.2 Å². The molecule has 2 atom stereocenters. The van der Waals surface area contributed by atoms with E-state index in [0.717, 1.165) is 0 Å². The molecule has 4 N–H and O–H groups in total. The van der Waals surface area contributed by atoms with Crippen molar-refractivity contribution in [3.63, 3.8) is 0 Å². The van der Waals surface area contributed by atoms with E-state index in [9.17, 15) is 23.2 Å². The molecule has 12 heteroatoms. The van der Waals surface area contributed by atoms with Crippen LogP contribution >= 0.6 is 11.6 Å². The maximum absolute atomic E-state index is 12.7. The van der Waals surface area contributed by atoms with Crippen LogP contribution in [0.1, 0.15) is 16.8 Å². The highest BCUT2D eigenvalue weighted by molar-refractivity contribution is 6.20. The minimum absolute atomic E-state index is 0.0572. The molecule has 2 fully saturated rings. The van der Waals surface area contributed by atoms with Crippen molar-refractivity contribution in [1.82, 2.24) is 21.2 Å². The minimum atomic E-state index is -3.83. The van der Waals surface area contributed by atoms with Gasteiger partial charge in [0.2, 0.25) is 5.91 Å². The molecule has 0 radical (unpaired) electrons. The third-order valence-corrected chi connectivity index (χ3v) is 5.19. The van der Waals surface area contributed by atoms with Crippen LogP contribution in [0.3, 0.4) is 0 Å². The summed E-state index contributed by atoms with van der Waals surface area (Å²) in [5, 5.41) is 5.51. The van der Waals surface area contributed by atoms with Gasteiger partial charge in [0.1, 0.15) is 17.0 Å². The van der Waals surface area contributed by atoms with Crippen LogP contribution in [0.25, 0.3) is 0 Å². The molecule has 9 nitrogen and oxygen atoms in total. The van der Waals surface area contributed by atoms with E-state index in [2.05, 4.69) is 31.2 Å². The number of alkyl halides is 3. The number of aromatic nitrogens is 1. The Kier molecular flexibility index (Phi) is 5.13. The topological polar surface area (TPSA) is 121 Å². The first-order chi connectivity index (χ1) is 14.7. The van der Waals surface area contributed by atoms with Crippen LogP contribution in [0.15, 0.2) is 42.6 Å². The molecular formula is C19H16ClF2N5O4. The summed E-state index contributed by atoms with van der Waals surface area (Å²) in [5.41, 5.74) is 0.203. The summed E-state index contributed by atoms with van der Waals surface area (Å²) in [6.07, 6.45) is 1.90. The fourth-order valence-electron chi connectivity index (χ4n) is 3.47. The molecule has 162 valence electrons. The molecule has 1 aromatic heterocycles. The van der Waals surface area contributed by atoms with Gasteiger partial charge in [-0.3, -0.25) is 25.2 Å². The zero-order valence-corrected chi connectivity index (χ0v) is 16.5. The Morgan fingerprint density at radius 1 is 1.23 bits per heavy atom. The van der Waals surface area contributed by atoms with Crippen molar-refractivity contribution >= 4 is 40.8 Å². The summed E-state index contributed by atoms with van der Waals surface area (Å²) in [4.78, 5) is 40.9. The van der Waals surface area contributed by atoms with Gasteiger partial charge in [0.05, 0.1) is 5.56 Å². The summed E-state index contributed by atoms with van der Waals surface area (Å²) in [6.45, 7) is 0.448. The molecule has 2 aliphatic rings. The number of carbonyl (C=O) groups is 3. The quantitative estimate of drug-likeness (QED) is 0.302. The van der Waals surface area contributed by atoms with E-state index in [-0.39, 0.29) is 29.0 Å². The Balaban J connectivity index is 1.40. The van der Waals surface area contributed by atoms with Crippen molar-refractivity contribution in [1.29, 1.82) is 0 Å². The summed E-state index contributed by atoms with van der Waals surface area (Å²) < 4.78 is 29.6. The fraction of sp³-hybridized carbons (Fsp3) is 0.263. The molecule has 1 saturated heterocycles. The van der Waals surface area contributed by atoms with Crippen LogP contribution < -0.4 is 26.2 Å². The van der Waals surface area contributed by atoms with E-state index in [4.69, 9.17) is 11.6 Å². The normalized spacial score (nSPS) is 21.5. The summed E-state index contributed by atoms with van der Waals surface area (Å²) in [7, 11) is 0. The second kappa shape index (κ2) is 7.65. The van der Waals surface area contributed by atoms with Gasteiger partial charge in [-0.1, -0.05) is 0 Å². The monoisotopic (exact) mass is 451 g/mol. The third-order valence-electron chi connectivity index (χ3n) is 5.12. The average molecular weight is 452 g/mol. The van der Waals surface area contributed by atoms with Crippen LogP contribution in [0.5, 0.6) is 5.75 Å². The molecule has 0 spiro atoms. The molecule has 31 heavy (non-hydrogen) atoms. The number of anilines is 2. The van der Waals surface area contributed by atoms with Crippen molar-refractivity contribution in [3.8, 4) is 5.75 Å². The molecule has 1 aliphatic heterocycles. The second-order valence-corrected chi connectivity index (χ2v) is 7.53. The van der Waals surface area contributed by atoms with Crippen molar-refractivity contribution in [2.75, 3.05) is 11.9 Å². The van der Waals surface area contributed by atoms with Gasteiger partial charge in [-0.25, -0.2) is 4.98 Å². The Bertz CT molecular complexity index is 1050. The molecule has 2 unspecified atom stereocenters. The Labute approximate surface area is 179 Å². The predicted octanol–water partition coefficient (Wildman–Crippen LogP) is 1.89. The number of rotatable bonds is 6. The highest BCUT2D eigenvalue weighted by atomic mass is 35.5. The van der Waals surface area contributed by atoms with Gasteiger partial charge in [0.15, 0.2) is 0 Å². The van der Waals surface area contributed by atoms with Gasteiger partial charge in [-0.05, 0) is 42.8 Å². The molecule has 4 rings (SSSR count). The first kappa shape index (κ1) is 20.8. The van der Waals surface area contributed by atoms with Crippen LogP contribution in [0.4, 0.5) is 20.3 Å². The molecule has 1 aliphatic carbocycles. The summed E-state index contributed by atoms with van der Waals surface area (Å²) in [6, 6.07) is 8.39. The number of nitrogens with one attached hydrogen (secondary N) is 4. The molecule has 0 bridgehead atoms.